The van der Waals surface area contributed by atoms with Gasteiger partial charge < -0.3 is 5.32 Å². The van der Waals surface area contributed by atoms with Gasteiger partial charge in [0.15, 0.2) is 0 Å². The minimum Gasteiger partial charge on any atom is -0.350 e. The van der Waals surface area contributed by atoms with Crippen LogP contribution in [0, 0.1) is 6.92 Å². The molecule has 2 aromatic heterocycles. The SMILES string of the molecule is CCc1nc(CCNC(=O)c2ccc(C)n2C(F)F)cs1. The van der Waals surface area contributed by atoms with Gasteiger partial charge in [0.05, 0.1) is 10.7 Å². The Kier molecular flexibility index (Phi) is 5.06. The van der Waals surface area contributed by atoms with Gasteiger partial charge in [-0.15, -0.1) is 11.3 Å². The third-order valence-corrected chi connectivity index (χ3v) is 4.16. The molecule has 2 aromatic rings. The number of carbonyl (C=O) groups excluding carboxylic acids is 1. The van der Waals surface area contributed by atoms with Crippen molar-refractivity contribution in [2.45, 2.75) is 33.2 Å². The third-order valence-electron chi connectivity index (χ3n) is 3.12. The molecule has 0 saturated heterocycles. The predicted molar refractivity (Wildman–Crippen MR) is 78.0 cm³/mol. The van der Waals surface area contributed by atoms with Gasteiger partial charge in [0.1, 0.15) is 5.69 Å². The number of rotatable bonds is 6. The molecule has 0 spiro atoms. The molecular formula is C14H17F2N3OS. The minimum atomic E-state index is -2.72. The van der Waals surface area contributed by atoms with Gasteiger partial charge in [-0.25, -0.2) is 4.98 Å². The fourth-order valence-corrected chi connectivity index (χ4v) is 2.79. The molecule has 0 saturated carbocycles. The van der Waals surface area contributed by atoms with E-state index in [4.69, 9.17) is 0 Å². The van der Waals surface area contributed by atoms with Gasteiger partial charge in [-0.2, -0.15) is 8.78 Å². The monoisotopic (exact) mass is 313 g/mol. The Morgan fingerprint density at radius 2 is 2.24 bits per heavy atom. The van der Waals surface area contributed by atoms with Crippen molar-refractivity contribution in [1.29, 1.82) is 0 Å². The third kappa shape index (κ3) is 3.66. The molecule has 2 rings (SSSR count). The maximum atomic E-state index is 12.9. The van der Waals surface area contributed by atoms with Gasteiger partial charge in [-0.3, -0.25) is 9.36 Å². The van der Waals surface area contributed by atoms with Crippen LogP contribution in [0.5, 0.6) is 0 Å². The summed E-state index contributed by atoms with van der Waals surface area (Å²) in [5.74, 6) is -0.491. The van der Waals surface area contributed by atoms with E-state index in [1.54, 1.807) is 18.3 Å². The van der Waals surface area contributed by atoms with Crippen LogP contribution in [0.1, 0.15) is 40.4 Å². The van der Waals surface area contributed by atoms with Crippen molar-refractivity contribution in [2.24, 2.45) is 0 Å². The molecule has 4 nitrogen and oxygen atoms in total. The maximum Gasteiger partial charge on any atom is 0.319 e. The Labute approximate surface area is 125 Å². The molecule has 2 heterocycles. The van der Waals surface area contributed by atoms with E-state index in [-0.39, 0.29) is 5.69 Å². The van der Waals surface area contributed by atoms with Crippen LogP contribution in [-0.4, -0.2) is 22.0 Å². The number of hydrogen-bond acceptors (Lipinski definition) is 3. The zero-order valence-electron chi connectivity index (χ0n) is 11.9. The summed E-state index contributed by atoms with van der Waals surface area (Å²) < 4.78 is 26.5. The van der Waals surface area contributed by atoms with Crippen molar-refractivity contribution >= 4 is 17.2 Å². The number of aromatic nitrogens is 2. The second kappa shape index (κ2) is 6.80. The molecule has 114 valence electrons. The van der Waals surface area contributed by atoms with Gasteiger partial charge in [-0.1, -0.05) is 6.92 Å². The zero-order valence-corrected chi connectivity index (χ0v) is 12.7. The maximum absolute atomic E-state index is 12.9. The first-order valence-electron chi connectivity index (χ1n) is 6.70. The molecule has 0 aliphatic rings. The summed E-state index contributed by atoms with van der Waals surface area (Å²) in [6.07, 6.45) is 1.48. The molecule has 1 amide bonds. The number of thiazole rings is 1. The summed E-state index contributed by atoms with van der Waals surface area (Å²) in [5.41, 5.74) is 1.26. The van der Waals surface area contributed by atoms with Gasteiger partial charge in [-0.05, 0) is 25.5 Å². The fourth-order valence-electron chi connectivity index (χ4n) is 2.02. The summed E-state index contributed by atoms with van der Waals surface area (Å²) in [4.78, 5) is 16.3. The average molecular weight is 313 g/mol. The Hall–Kier alpha value is -1.76. The predicted octanol–water partition coefficient (Wildman–Crippen LogP) is 3.18. The van der Waals surface area contributed by atoms with E-state index >= 15 is 0 Å². The van der Waals surface area contributed by atoms with E-state index in [1.807, 2.05) is 12.3 Å². The first kappa shape index (κ1) is 15.6. The molecular weight excluding hydrogens is 296 g/mol. The molecule has 0 aliphatic heterocycles. The van der Waals surface area contributed by atoms with Crippen molar-refractivity contribution in [3.05, 3.63) is 39.6 Å². The molecule has 7 heteroatoms. The lowest BCUT2D eigenvalue weighted by Gasteiger charge is -2.10. The lowest BCUT2D eigenvalue weighted by molar-refractivity contribution is 0.0618. The number of amides is 1. The number of alkyl halides is 2. The Balaban J connectivity index is 1.93. The molecule has 21 heavy (non-hydrogen) atoms. The summed E-state index contributed by atoms with van der Waals surface area (Å²) in [6.45, 7) is 1.24. The topological polar surface area (TPSA) is 46.9 Å². The van der Waals surface area contributed by atoms with Crippen LogP contribution in [-0.2, 0) is 12.8 Å². The lowest BCUT2D eigenvalue weighted by Crippen LogP contribution is -2.28. The number of carbonyl (C=O) groups is 1. The molecule has 1 N–H and O–H groups in total. The standard InChI is InChI=1S/C14H17F2N3OS/c1-3-12-18-10(8-21-12)6-7-17-13(20)11-5-4-9(2)19(11)14(15)16/h4-5,8,14H,3,6-7H2,1-2H3,(H,17,20). The Bertz CT molecular complexity index is 622. The van der Waals surface area contributed by atoms with Crippen molar-refractivity contribution in [1.82, 2.24) is 14.9 Å². The number of nitrogens with zero attached hydrogens (tertiary/aromatic N) is 2. The second-order valence-corrected chi connectivity index (χ2v) is 5.54. The average Bonchev–Trinajstić information content (AvgIpc) is 3.04. The van der Waals surface area contributed by atoms with Crippen LogP contribution in [0.4, 0.5) is 8.78 Å². The normalized spacial score (nSPS) is 11.1. The van der Waals surface area contributed by atoms with E-state index in [2.05, 4.69) is 10.3 Å². The van der Waals surface area contributed by atoms with E-state index in [9.17, 15) is 13.6 Å². The highest BCUT2D eigenvalue weighted by Gasteiger charge is 2.18. The summed E-state index contributed by atoms with van der Waals surface area (Å²) >= 11 is 1.59. The molecule has 0 atom stereocenters. The quantitative estimate of drug-likeness (QED) is 0.890. The van der Waals surface area contributed by atoms with Gasteiger partial charge in [0, 0.05) is 24.0 Å². The van der Waals surface area contributed by atoms with Crippen LogP contribution < -0.4 is 5.32 Å². The van der Waals surface area contributed by atoms with Gasteiger partial charge in [0.2, 0.25) is 0 Å². The molecule has 0 radical (unpaired) electrons. The Morgan fingerprint density at radius 3 is 2.86 bits per heavy atom. The smallest absolute Gasteiger partial charge is 0.319 e. The van der Waals surface area contributed by atoms with Gasteiger partial charge >= 0.3 is 6.55 Å². The number of halogens is 2. The second-order valence-electron chi connectivity index (χ2n) is 4.60. The van der Waals surface area contributed by atoms with Crippen molar-refractivity contribution in [2.75, 3.05) is 6.54 Å². The van der Waals surface area contributed by atoms with Crippen molar-refractivity contribution in [3.8, 4) is 0 Å². The largest absolute Gasteiger partial charge is 0.350 e. The summed E-state index contributed by atoms with van der Waals surface area (Å²) in [7, 11) is 0. The lowest BCUT2D eigenvalue weighted by atomic mass is 10.3. The Morgan fingerprint density at radius 1 is 1.48 bits per heavy atom. The number of aryl methyl sites for hydroxylation is 2. The van der Waals surface area contributed by atoms with Crippen LogP contribution in [0.3, 0.4) is 0 Å². The molecule has 0 fully saturated rings. The highest BCUT2D eigenvalue weighted by Crippen LogP contribution is 2.18. The van der Waals surface area contributed by atoms with Crippen LogP contribution >= 0.6 is 11.3 Å². The highest BCUT2D eigenvalue weighted by molar-refractivity contribution is 7.09. The van der Waals surface area contributed by atoms with Crippen LogP contribution in [0.2, 0.25) is 0 Å². The van der Waals surface area contributed by atoms with Crippen LogP contribution in [0.25, 0.3) is 0 Å². The van der Waals surface area contributed by atoms with E-state index in [0.717, 1.165) is 21.7 Å². The molecule has 0 unspecified atom stereocenters. The fraction of sp³-hybridized carbons (Fsp3) is 0.429. The highest BCUT2D eigenvalue weighted by atomic mass is 32.1. The van der Waals surface area contributed by atoms with Crippen molar-refractivity contribution in [3.63, 3.8) is 0 Å². The molecule has 0 aromatic carbocycles. The first-order valence-corrected chi connectivity index (χ1v) is 7.58. The van der Waals surface area contributed by atoms with Crippen LogP contribution in [0.15, 0.2) is 17.5 Å². The van der Waals surface area contributed by atoms with E-state index in [0.29, 0.717) is 18.7 Å². The van der Waals surface area contributed by atoms with Crippen molar-refractivity contribution < 1.29 is 13.6 Å². The minimum absolute atomic E-state index is 0.0185. The number of nitrogens with one attached hydrogen (secondary N) is 1. The molecule has 0 aliphatic carbocycles. The van der Waals surface area contributed by atoms with E-state index < -0.39 is 12.5 Å². The summed E-state index contributed by atoms with van der Waals surface area (Å²) in [5, 5.41) is 5.66. The number of hydrogen-bond donors (Lipinski definition) is 1. The zero-order chi connectivity index (χ0) is 15.4. The van der Waals surface area contributed by atoms with E-state index in [1.165, 1.54) is 12.1 Å². The molecule has 0 bridgehead atoms. The van der Waals surface area contributed by atoms with Gasteiger partial charge in [0.25, 0.3) is 5.91 Å². The summed E-state index contributed by atoms with van der Waals surface area (Å²) in [6, 6.07) is 2.92. The first-order chi connectivity index (χ1) is 10.0.